The zero-order valence-corrected chi connectivity index (χ0v) is 18.4. The smallest absolute Gasteiger partial charge is 0.262 e. The van der Waals surface area contributed by atoms with E-state index in [-0.39, 0.29) is 12.5 Å². The molecule has 7 heteroatoms. The van der Waals surface area contributed by atoms with Gasteiger partial charge in [0.15, 0.2) is 6.61 Å². The Kier molecular flexibility index (Phi) is 7.47. The summed E-state index contributed by atoms with van der Waals surface area (Å²) in [5.74, 6) is 0.232. The molecule has 0 bridgehead atoms. The Hall–Kier alpha value is -2.15. The molecule has 1 N–H and O–H groups in total. The number of carbonyl (C=O) groups excluding carboxylic acids is 1. The Balaban J connectivity index is 1.54. The first-order valence-corrected chi connectivity index (χ1v) is 10.5. The summed E-state index contributed by atoms with van der Waals surface area (Å²) in [5.41, 5.74) is 2.86. The number of nitrogens with one attached hydrogen (secondary N) is 1. The van der Waals surface area contributed by atoms with E-state index in [2.05, 4.69) is 29.1 Å². The van der Waals surface area contributed by atoms with E-state index in [0.29, 0.717) is 10.8 Å². The van der Waals surface area contributed by atoms with Crippen LogP contribution >= 0.6 is 23.8 Å². The van der Waals surface area contributed by atoms with Crippen molar-refractivity contribution in [2.45, 2.75) is 13.3 Å². The first-order chi connectivity index (χ1) is 14.0. The van der Waals surface area contributed by atoms with Crippen LogP contribution in [0.3, 0.4) is 0 Å². The number of rotatable bonds is 6. The summed E-state index contributed by atoms with van der Waals surface area (Å²) in [6.07, 6.45) is 0.962. The molecular formula is C22H26ClN3O2S. The lowest BCUT2D eigenvalue weighted by atomic mass is 10.1. The minimum absolute atomic E-state index is 0.114. The molecule has 1 aliphatic heterocycles. The number of amides is 1. The SMILES string of the molecule is CCc1ccc(NC(=O)COc2ccc(C(=S)N3CCN(C)CC3)cc2Cl)cc1. The van der Waals surface area contributed by atoms with Crippen molar-refractivity contribution in [1.82, 2.24) is 9.80 Å². The number of carbonyl (C=O) groups is 1. The van der Waals surface area contributed by atoms with E-state index in [0.717, 1.165) is 48.8 Å². The van der Waals surface area contributed by atoms with Crippen molar-refractivity contribution in [1.29, 1.82) is 0 Å². The number of nitrogens with zero attached hydrogens (tertiary/aromatic N) is 2. The zero-order valence-electron chi connectivity index (χ0n) is 16.8. The van der Waals surface area contributed by atoms with E-state index in [4.69, 9.17) is 28.6 Å². The number of anilines is 1. The molecule has 3 rings (SSSR count). The normalized spacial score (nSPS) is 14.5. The summed E-state index contributed by atoms with van der Waals surface area (Å²) in [4.78, 5) is 17.4. The Morgan fingerprint density at radius 1 is 1.14 bits per heavy atom. The van der Waals surface area contributed by atoms with Crippen LogP contribution < -0.4 is 10.1 Å². The fraction of sp³-hybridized carbons (Fsp3) is 0.364. The number of benzene rings is 2. The molecule has 0 aromatic heterocycles. The highest BCUT2D eigenvalue weighted by atomic mass is 35.5. The summed E-state index contributed by atoms with van der Waals surface area (Å²) in [6.45, 7) is 5.78. The Bertz CT molecular complexity index is 865. The fourth-order valence-corrected chi connectivity index (χ4v) is 3.65. The molecule has 5 nitrogen and oxygen atoms in total. The molecule has 0 radical (unpaired) electrons. The lowest BCUT2D eigenvalue weighted by molar-refractivity contribution is -0.118. The van der Waals surface area contributed by atoms with Gasteiger partial charge in [-0.25, -0.2) is 0 Å². The number of thiocarbonyl (C=S) groups is 1. The van der Waals surface area contributed by atoms with E-state index >= 15 is 0 Å². The molecule has 1 heterocycles. The third kappa shape index (κ3) is 5.92. The van der Waals surface area contributed by atoms with Crippen LogP contribution in [0.1, 0.15) is 18.1 Å². The molecule has 2 aromatic rings. The van der Waals surface area contributed by atoms with Crippen LogP contribution in [-0.4, -0.2) is 60.5 Å². The van der Waals surface area contributed by atoms with E-state index in [9.17, 15) is 4.79 Å². The Labute approximate surface area is 182 Å². The Morgan fingerprint density at radius 2 is 1.83 bits per heavy atom. The summed E-state index contributed by atoms with van der Waals surface area (Å²) in [7, 11) is 2.11. The highest BCUT2D eigenvalue weighted by molar-refractivity contribution is 7.80. The van der Waals surface area contributed by atoms with Crippen LogP contribution in [0.4, 0.5) is 5.69 Å². The topological polar surface area (TPSA) is 44.8 Å². The van der Waals surface area contributed by atoms with Gasteiger partial charge in [0.1, 0.15) is 10.7 Å². The van der Waals surface area contributed by atoms with Gasteiger partial charge in [-0.2, -0.15) is 0 Å². The number of hydrogen-bond acceptors (Lipinski definition) is 4. The van der Waals surface area contributed by atoms with Crippen LogP contribution in [0.25, 0.3) is 0 Å². The van der Waals surface area contributed by atoms with Crippen molar-refractivity contribution in [3.63, 3.8) is 0 Å². The molecule has 154 valence electrons. The maximum absolute atomic E-state index is 12.1. The summed E-state index contributed by atoms with van der Waals surface area (Å²) < 4.78 is 5.60. The fourth-order valence-electron chi connectivity index (χ4n) is 3.11. The maximum Gasteiger partial charge on any atom is 0.262 e. The monoisotopic (exact) mass is 431 g/mol. The summed E-state index contributed by atoms with van der Waals surface area (Å²) in [5, 5.41) is 3.26. The predicted molar refractivity (Wildman–Crippen MR) is 122 cm³/mol. The summed E-state index contributed by atoms with van der Waals surface area (Å²) >= 11 is 12.0. The second-order valence-electron chi connectivity index (χ2n) is 7.13. The van der Waals surface area contributed by atoms with Crippen molar-refractivity contribution < 1.29 is 9.53 Å². The van der Waals surface area contributed by atoms with Crippen LogP contribution in [0.15, 0.2) is 42.5 Å². The van der Waals surface area contributed by atoms with Gasteiger partial charge in [-0.05, 0) is 49.4 Å². The second-order valence-corrected chi connectivity index (χ2v) is 7.92. The third-order valence-corrected chi connectivity index (χ3v) is 5.76. The van der Waals surface area contributed by atoms with Gasteiger partial charge in [0, 0.05) is 37.4 Å². The molecule has 0 unspecified atom stereocenters. The molecular weight excluding hydrogens is 406 g/mol. The lowest BCUT2D eigenvalue weighted by Crippen LogP contribution is -2.46. The van der Waals surface area contributed by atoms with Gasteiger partial charge in [-0.1, -0.05) is 42.9 Å². The molecule has 0 saturated carbocycles. The second kappa shape index (κ2) is 10.1. The first-order valence-electron chi connectivity index (χ1n) is 9.75. The van der Waals surface area contributed by atoms with Crippen molar-refractivity contribution in [2.75, 3.05) is 45.2 Å². The molecule has 1 amide bonds. The molecule has 0 aliphatic carbocycles. The number of ether oxygens (including phenoxy) is 1. The van der Waals surface area contributed by atoms with Gasteiger partial charge < -0.3 is 19.9 Å². The maximum atomic E-state index is 12.1. The molecule has 1 saturated heterocycles. The van der Waals surface area contributed by atoms with Gasteiger partial charge >= 0.3 is 0 Å². The lowest BCUT2D eigenvalue weighted by Gasteiger charge is -2.34. The average Bonchev–Trinajstić information content (AvgIpc) is 2.73. The van der Waals surface area contributed by atoms with Gasteiger partial charge in [0.25, 0.3) is 5.91 Å². The van der Waals surface area contributed by atoms with E-state index in [1.54, 1.807) is 12.1 Å². The quantitative estimate of drug-likeness (QED) is 0.704. The largest absolute Gasteiger partial charge is 0.482 e. The molecule has 1 fully saturated rings. The van der Waals surface area contributed by atoms with Crippen LogP contribution in [0.2, 0.25) is 5.02 Å². The number of aryl methyl sites for hydroxylation is 1. The van der Waals surface area contributed by atoms with Crippen molar-refractivity contribution >= 4 is 40.4 Å². The highest BCUT2D eigenvalue weighted by Crippen LogP contribution is 2.26. The van der Waals surface area contributed by atoms with Crippen molar-refractivity contribution in [3.8, 4) is 5.75 Å². The number of piperazine rings is 1. The summed E-state index contributed by atoms with van der Waals surface area (Å²) in [6, 6.07) is 13.2. The Morgan fingerprint density at radius 3 is 2.45 bits per heavy atom. The molecule has 29 heavy (non-hydrogen) atoms. The van der Waals surface area contributed by atoms with Crippen LogP contribution in [0, 0.1) is 0 Å². The zero-order chi connectivity index (χ0) is 20.8. The first kappa shape index (κ1) is 21.6. The molecule has 0 spiro atoms. The van der Waals surface area contributed by atoms with E-state index in [1.807, 2.05) is 30.3 Å². The van der Waals surface area contributed by atoms with Gasteiger partial charge in [0.2, 0.25) is 0 Å². The van der Waals surface area contributed by atoms with Crippen LogP contribution in [0.5, 0.6) is 5.75 Å². The molecule has 2 aromatic carbocycles. The minimum Gasteiger partial charge on any atom is -0.482 e. The predicted octanol–water partition coefficient (Wildman–Crippen LogP) is 3.84. The number of halogens is 1. The van der Waals surface area contributed by atoms with E-state index < -0.39 is 0 Å². The number of likely N-dealkylation sites (N-methyl/N-ethyl adjacent to an activating group) is 1. The average molecular weight is 432 g/mol. The van der Waals surface area contributed by atoms with Gasteiger partial charge in [-0.3, -0.25) is 4.79 Å². The van der Waals surface area contributed by atoms with Gasteiger partial charge in [0.05, 0.1) is 5.02 Å². The highest BCUT2D eigenvalue weighted by Gasteiger charge is 2.18. The van der Waals surface area contributed by atoms with Crippen molar-refractivity contribution in [2.24, 2.45) is 0 Å². The van der Waals surface area contributed by atoms with Crippen LogP contribution in [-0.2, 0) is 11.2 Å². The van der Waals surface area contributed by atoms with E-state index in [1.165, 1.54) is 5.56 Å². The number of hydrogen-bond donors (Lipinski definition) is 1. The third-order valence-electron chi connectivity index (χ3n) is 4.97. The van der Waals surface area contributed by atoms with Gasteiger partial charge in [-0.15, -0.1) is 0 Å². The molecule has 0 atom stereocenters. The standard InChI is InChI=1S/C22H26ClN3O2S/c1-3-16-4-7-18(8-5-16)24-21(27)15-28-20-9-6-17(14-19(20)23)22(29)26-12-10-25(2)11-13-26/h4-9,14H,3,10-13,15H2,1-2H3,(H,24,27). The van der Waals surface area contributed by atoms with Crippen molar-refractivity contribution in [3.05, 3.63) is 58.6 Å². The molecule has 1 aliphatic rings. The minimum atomic E-state index is -0.234.